The smallest absolute Gasteiger partial charge is 0.265 e. The van der Waals surface area contributed by atoms with E-state index in [1.54, 1.807) is 0 Å². The Hall–Kier alpha value is -1.84. The number of nitrogens with two attached hydrogens (primary N) is 1. The largest absolute Gasteiger partial charge is 0.364 e. The van der Waals surface area contributed by atoms with Crippen molar-refractivity contribution in [1.82, 2.24) is 0 Å². The minimum absolute atomic E-state index is 0.374. The first kappa shape index (κ1) is 7.79. The van der Waals surface area contributed by atoms with Crippen LogP contribution in [0.3, 0.4) is 0 Å². The Balaban J connectivity index is 2.33. The molecule has 1 aliphatic heterocycles. The maximum Gasteiger partial charge on any atom is 0.265 e. The monoisotopic (exact) mass is 175 g/mol. The van der Waals surface area contributed by atoms with E-state index in [1.807, 2.05) is 24.3 Å². The summed E-state index contributed by atoms with van der Waals surface area (Å²) in [5.74, 6) is -0.470. The van der Waals surface area contributed by atoms with Crippen molar-refractivity contribution in [1.29, 1.82) is 0 Å². The molecule has 0 bridgehead atoms. The number of anilines is 1. The maximum absolute atomic E-state index is 10.8. The Kier molecular flexibility index (Phi) is 1.73. The molecule has 66 valence electrons. The first-order valence-electron chi connectivity index (χ1n) is 3.97. The zero-order valence-corrected chi connectivity index (χ0v) is 6.95. The van der Waals surface area contributed by atoms with Crippen LogP contribution in [0.2, 0.25) is 0 Å². The molecule has 4 heteroatoms. The van der Waals surface area contributed by atoms with Gasteiger partial charge in [0.2, 0.25) is 0 Å². The first-order valence-corrected chi connectivity index (χ1v) is 3.97. The van der Waals surface area contributed by atoms with E-state index in [4.69, 9.17) is 5.73 Å². The summed E-state index contributed by atoms with van der Waals surface area (Å²) in [4.78, 5) is 10.8. The summed E-state index contributed by atoms with van der Waals surface area (Å²) in [6.45, 7) is 0. The first-order chi connectivity index (χ1) is 6.27. The highest BCUT2D eigenvalue weighted by Gasteiger charge is 2.15. The average molecular weight is 175 g/mol. The molecule has 0 saturated heterocycles. The van der Waals surface area contributed by atoms with Gasteiger partial charge in [-0.15, -0.1) is 0 Å². The van der Waals surface area contributed by atoms with E-state index in [1.165, 1.54) is 0 Å². The minimum atomic E-state index is -0.470. The fraction of sp³-hybridized carbons (Fsp3) is 0.111. The number of primary amides is 1. The molecule has 3 N–H and O–H groups in total. The van der Waals surface area contributed by atoms with Crippen molar-refractivity contribution < 1.29 is 4.79 Å². The van der Waals surface area contributed by atoms with Crippen LogP contribution in [0.25, 0.3) is 0 Å². The van der Waals surface area contributed by atoms with E-state index >= 15 is 0 Å². The quantitative estimate of drug-likeness (QED) is 0.652. The van der Waals surface area contributed by atoms with Gasteiger partial charge in [0.25, 0.3) is 5.91 Å². The topological polar surface area (TPSA) is 67.5 Å². The lowest BCUT2D eigenvalue weighted by molar-refractivity contribution is -0.112. The summed E-state index contributed by atoms with van der Waals surface area (Å²) in [6, 6.07) is 7.69. The predicted octanol–water partition coefficient (Wildman–Crippen LogP) is 0.496. The third-order valence-electron chi connectivity index (χ3n) is 1.97. The van der Waals surface area contributed by atoms with Crippen LogP contribution in [0.4, 0.5) is 5.69 Å². The molecule has 0 atom stereocenters. The lowest BCUT2D eigenvalue weighted by Crippen LogP contribution is -2.28. The van der Waals surface area contributed by atoms with Gasteiger partial charge in [-0.1, -0.05) is 18.2 Å². The van der Waals surface area contributed by atoms with Crippen LogP contribution in [0.15, 0.2) is 29.4 Å². The second-order valence-corrected chi connectivity index (χ2v) is 2.87. The zero-order valence-electron chi connectivity index (χ0n) is 6.95. The van der Waals surface area contributed by atoms with Crippen LogP contribution in [0, 0.1) is 0 Å². The molecule has 1 aromatic carbocycles. The number of benzene rings is 1. The van der Waals surface area contributed by atoms with Crippen molar-refractivity contribution in [2.45, 2.75) is 6.42 Å². The summed E-state index contributed by atoms with van der Waals surface area (Å²) in [6.07, 6.45) is 0.512. The third-order valence-corrected chi connectivity index (χ3v) is 1.97. The number of para-hydroxylation sites is 1. The Bertz CT molecular complexity index is 384. The van der Waals surface area contributed by atoms with Crippen LogP contribution in [-0.4, -0.2) is 11.6 Å². The third kappa shape index (κ3) is 1.38. The zero-order chi connectivity index (χ0) is 9.26. The number of carbonyl (C=O) groups excluding carboxylic acids is 1. The normalized spacial score (nSPS) is 14.0. The van der Waals surface area contributed by atoms with E-state index in [-0.39, 0.29) is 0 Å². The van der Waals surface area contributed by atoms with Gasteiger partial charge in [0.1, 0.15) is 5.71 Å². The minimum Gasteiger partial charge on any atom is -0.364 e. The van der Waals surface area contributed by atoms with Gasteiger partial charge in [-0.25, -0.2) is 0 Å². The fourth-order valence-corrected chi connectivity index (χ4v) is 1.27. The highest BCUT2D eigenvalue weighted by Crippen LogP contribution is 2.19. The van der Waals surface area contributed by atoms with Crippen LogP contribution >= 0.6 is 0 Å². The number of nitrogens with zero attached hydrogens (tertiary/aromatic N) is 1. The molecule has 0 spiro atoms. The van der Waals surface area contributed by atoms with Gasteiger partial charge in [0.05, 0.1) is 5.69 Å². The molecule has 1 aromatic rings. The van der Waals surface area contributed by atoms with Crippen LogP contribution in [0.5, 0.6) is 0 Å². The summed E-state index contributed by atoms with van der Waals surface area (Å²) in [5.41, 5.74) is 10.3. The standard InChI is InChI=1S/C9H9N3O/c10-9(13)8-5-6-3-1-2-4-7(6)11-12-8/h1-4,11H,5H2,(H2,10,13). The van der Waals surface area contributed by atoms with Gasteiger partial charge in [-0.2, -0.15) is 5.10 Å². The van der Waals surface area contributed by atoms with E-state index in [0.717, 1.165) is 11.3 Å². The molecular weight excluding hydrogens is 166 g/mol. The Morgan fingerprint density at radius 3 is 3.00 bits per heavy atom. The number of hydrogen-bond donors (Lipinski definition) is 2. The number of hydrazone groups is 1. The van der Waals surface area contributed by atoms with E-state index in [9.17, 15) is 4.79 Å². The fourth-order valence-electron chi connectivity index (χ4n) is 1.27. The summed E-state index contributed by atoms with van der Waals surface area (Å²) in [5, 5.41) is 3.86. The second-order valence-electron chi connectivity index (χ2n) is 2.87. The molecule has 2 rings (SSSR count). The molecule has 0 aromatic heterocycles. The molecule has 0 fully saturated rings. The van der Waals surface area contributed by atoms with Gasteiger partial charge < -0.3 is 5.73 Å². The SMILES string of the molecule is NC(=O)C1=NNc2ccccc2C1. The summed E-state index contributed by atoms with van der Waals surface area (Å²) in [7, 11) is 0. The van der Waals surface area contributed by atoms with E-state index in [0.29, 0.717) is 12.1 Å². The molecule has 0 aliphatic carbocycles. The lowest BCUT2D eigenvalue weighted by atomic mass is 10.1. The van der Waals surface area contributed by atoms with Crippen LogP contribution < -0.4 is 11.2 Å². The molecular formula is C9H9N3O. The van der Waals surface area contributed by atoms with E-state index < -0.39 is 5.91 Å². The van der Waals surface area contributed by atoms with Crippen molar-refractivity contribution in [2.75, 3.05) is 5.43 Å². The summed E-state index contributed by atoms with van der Waals surface area (Å²) >= 11 is 0. The van der Waals surface area contributed by atoms with Crippen molar-refractivity contribution in [3.05, 3.63) is 29.8 Å². The average Bonchev–Trinajstić information content (AvgIpc) is 2.17. The number of carbonyl (C=O) groups is 1. The lowest BCUT2D eigenvalue weighted by Gasteiger charge is -2.14. The molecule has 1 amide bonds. The van der Waals surface area contributed by atoms with Gasteiger partial charge in [-0.3, -0.25) is 10.2 Å². The van der Waals surface area contributed by atoms with E-state index in [2.05, 4.69) is 10.5 Å². The Labute approximate surface area is 75.4 Å². The Morgan fingerprint density at radius 2 is 2.23 bits per heavy atom. The molecule has 0 unspecified atom stereocenters. The number of hydrogen-bond acceptors (Lipinski definition) is 3. The molecule has 4 nitrogen and oxygen atoms in total. The number of amides is 1. The number of rotatable bonds is 1. The Morgan fingerprint density at radius 1 is 1.46 bits per heavy atom. The molecule has 13 heavy (non-hydrogen) atoms. The molecule has 1 aliphatic rings. The van der Waals surface area contributed by atoms with Gasteiger partial charge in [0.15, 0.2) is 0 Å². The number of nitrogens with one attached hydrogen (secondary N) is 1. The second kappa shape index (κ2) is 2.90. The highest BCUT2D eigenvalue weighted by molar-refractivity contribution is 6.39. The van der Waals surface area contributed by atoms with Gasteiger partial charge in [-0.05, 0) is 11.6 Å². The van der Waals surface area contributed by atoms with Crippen LogP contribution in [-0.2, 0) is 11.2 Å². The van der Waals surface area contributed by atoms with Crippen molar-refractivity contribution in [3.63, 3.8) is 0 Å². The molecule has 0 saturated carbocycles. The van der Waals surface area contributed by atoms with Crippen molar-refractivity contribution >= 4 is 17.3 Å². The highest BCUT2D eigenvalue weighted by atomic mass is 16.1. The molecule has 0 radical (unpaired) electrons. The van der Waals surface area contributed by atoms with Crippen LogP contribution in [0.1, 0.15) is 5.56 Å². The summed E-state index contributed by atoms with van der Waals surface area (Å²) < 4.78 is 0. The van der Waals surface area contributed by atoms with Crippen molar-refractivity contribution in [2.24, 2.45) is 10.8 Å². The van der Waals surface area contributed by atoms with Crippen molar-refractivity contribution in [3.8, 4) is 0 Å². The number of fused-ring (bicyclic) bond motifs is 1. The maximum atomic E-state index is 10.8. The van der Waals surface area contributed by atoms with Gasteiger partial charge in [0, 0.05) is 6.42 Å². The predicted molar refractivity (Wildman–Crippen MR) is 50.4 cm³/mol. The van der Waals surface area contributed by atoms with Gasteiger partial charge >= 0.3 is 0 Å². The molecule has 1 heterocycles.